The molecule has 1 aliphatic carbocycles. The summed E-state index contributed by atoms with van der Waals surface area (Å²) >= 11 is 0. The molecule has 166 valence electrons. The van der Waals surface area contributed by atoms with Crippen LogP contribution in [-0.4, -0.2) is 40.1 Å². The van der Waals surface area contributed by atoms with E-state index in [2.05, 4.69) is 15.3 Å². The molecular weight excluding hydrogens is 413 g/mol. The van der Waals surface area contributed by atoms with E-state index in [0.29, 0.717) is 31.9 Å². The van der Waals surface area contributed by atoms with Gasteiger partial charge in [0.2, 0.25) is 5.95 Å². The number of alkyl halides is 3. The van der Waals surface area contributed by atoms with E-state index in [1.807, 2.05) is 4.90 Å². The zero-order chi connectivity index (χ0) is 22.4. The number of rotatable bonds is 5. The Morgan fingerprint density at radius 3 is 2.65 bits per heavy atom. The van der Waals surface area contributed by atoms with Gasteiger partial charge in [-0.15, -0.1) is 0 Å². The van der Waals surface area contributed by atoms with E-state index in [1.54, 1.807) is 0 Å². The Bertz CT molecular complexity index is 985. The van der Waals surface area contributed by atoms with Gasteiger partial charge in [0, 0.05) is 31.0 Å². The molecule has 0 spiro atoms. The molecule has 1 aromatic heterocycles. The van der Waals surface area contributed by atoms with Crippen molar-refractivity contribution in [2.24, 2.45) is 11.5 Å². The quantitative estimate of drug-likeness (QED) is 0.565. The molecule has 0 bridgehead atoms. The molecule has 11 heteroatoms. The maximum Gasteiger partial charge on any atom is 0.416 e. The van der Waals surface area contributed by atoms with Crippen molar-refractivity contribution >= 4 is 23.4 Å². The highest BCUT2D eigenvalue weighted by Crippen LogP contribution is 2.47. The molecule has 1 amide bonds. The molecule has 1 aliphatic heterocycles. The lowest BCUT2D eigenvalue weighted by atomic mass is 10.0. The van der Waals surface area contributed by atoms with Crippen LogP contribution in [0.5, 0.6) is 0 Å². The van der Waals surface area contributed by atoms with Gasteiger partial charge in [-0.2, -0.15) is 18.2 Å². The lowest BCUT2D eigenvalue weighted by Crippen LogP contribution is -2.43. The number of carbonyl (C=O) groups is 1. The fourth-order valence-electron chi connectivity index (χ4n) is 3.67. The van der Waals surface area contributed by atoms with Crippen LogP contribution in [0.3, 0.4) is 0 Å². The van der Waals surface area contributed by atoms with E-state index in [9.17, 15) is 23.1 Å². The predicted octanol–water partition coefficient (Wildman–Crippen LogP) is 2.25. The summed E-state index contributed by atoms with van der Waals surface area (Å²) in [5, 5.41) is 13.1. The van der Waals surface area contributed by atoms with Gasteiger partial charge in [0.1, 0.15) is 11.4 Å². The number of carbonyl (C=O) groups excluding carboxylic acids is 1. The summed E-state index contributed by atoms with van der Waals surface area (Å²) < 4.78 is 40.3. The number of aromatic nitrogens is 2. The topological polar surface area (TPSA) is 130 Å². The molecule has 4 rings (SSSR count). The van der Waals surface area contributed by atoms with Crippen LogP contribution in [-0.2, 0) is 11.8 Å². The zero-order valence-electron chi connectivity index (χ0n) is 16.6. The number of piperidine rings is 1. The Labute approximate surface area is 176 Å². The first kappa shape index (κ1) is 21.3. The fraction of sp³-hybridized carbons (Fsp3) is 0.450. The van der Waals surface area contributed by atoms with E-state index in [1.165, 1.54) is 12.3 Å². The first-order valence-corrected chi connectivity index (χ1v) is 9.95. The van der Waals surface area contributed by atoms with Gasteiger partial charge < -0.3 is 26.8 Å². The molecule has 6 N–H and O–H groups in total. The zero-order valence-corrected chi connectivity index (χ0v) is 16.6. The number of aliphatic hydroxyl groups is 1. The van der Waals surface area contributed by atoms with Crippen LogP contribution in [0, 0.1) is 0 Å². The Hall–Kier alpha value is -2.92. The summed E-state index contributed by atoms with van der Waals surface area (Å²) in [5.41, 5.74) is 9.36. The molecule has 1 saturated carbocycles. The summed E-state index contributed by atoms with van der Waals surface area (Å²) in [4.78, 5) is 22.3. The van der Waals surface area contributed by atoms with Crippen LogP contribution < -0.4 is 21.7 Å². The molecule has 31 heavy (non-hydrogen) atoms. The summed E-state index contributed by atoms with van der Waals surface area (Å²) in [7, 11) is 0. The summed E-state index contributed by atoms with van der Waals surface area (Å²) in [5.74, 6) is -0.530. The van der Waals surface area contributed by atoms with Crippen molar-refractivity contribution in [3.05, 3.63) is 41.1 Å². The van der Waals surface area contributed by atoms with Gasteiger partial charge in [-0.05, 0) is 49.4 Å². The van der Waals surface area contributed by atoms with E-state index in [-0.39, 0.29) is 28.7 Å². The second-order valence-corrected chi connectivity index (χ2v) is 8.10. The summed E-state index contributed by atoms with van der Waals surface area (Å²) in [6.45, 7) is 1.19. The van der Waals surface area contributed by atoms with Crippen molar-refractivity contribution in [3.63, 3.8) is 0 Å². The molecule has 2 fully saturated rings. The highest BCUT2D eigenvalue weighted by molar-refractivity contribution is 5.98. The largest absolute Gasteiger partial charge is 0.416 e. The maximum atomic E-state index is 13.4. The van der Waals surface area contributed by atoms with Gasteiger partial charge in [-0.25, -0.2) is 4.98 Å². The van der Waals surface area contributed by atoms with Crippen LogP contribution in [0.4, 0.5) is 30.6 Å². The number of primary amides is 1. The van der Waals surface area contributed by atoms with Crippen LogP contribution in [0.1, 0.15) is 47.2 Å². The van der Waals surface area contributed by atoms with Crippen molar-refractivity contribution in [2.45, 2.75) is 43.5 Å². The normalized spacial score (nSPS) is 20.4. The van der Waals surface area contributed by atoms with Gasteiger partial charge in [-0.3, -0.25) is 4.79 Å². The number of halogens is 3. The SMILES string of the molecule is NC(=O)c1cnc(N2CCCC(N)C2)nc1Nc1cc(C(F)(F)F)cc(C2(O)CC2)c1. The highest BCUT2D eigenvalue weighted by Gasteiger charge is 2.44. The average Bonchev–Trinajstić information content (AvgIpc) is 3.45. The molecule has 2 aliphatic rings. The van der Waals surface area contributed by atoms with Crippen LogP contribution in [0.2, 0.25) is 0 Å². The minimum atomic E-state index is -4.61. The van der Waals surface area contributed by atoms with Crippen molar-refractivity contribution in [3.8, 4) is 0 Å². The summed E-state index contributed by atoms with van der Waals surface area (Å²) in [6.07, 6.45) is -0.876. The Kier molecular flexibility index (Phi) is 5.26. The van der Waals surface area contributed by atoms with Gasteiger partial charge in [-0.1, -0.05) is 0 Å². The number of nitrogens with one attached hydrogen (secondary N) is 1. The molecule has 1 unspecified atom stereocenters. The van der Waals surface area contributed by atoms with Crippen LogP contribution in [0.15, 0.2) is 24.4 Å². The van der Waals surface area contributed by atoms with E-state index >= 15 is 0 Å². The number of nitrogens with two attached hydrogens (primary N) is 2. The number of hydrogen-bond acceptors (Lipinski definition) is 7. The first-order valence-electron chi connectivity index (χ1n) is 9.95. The second-order valence-electron chi connectivity index (χ2n) is 8.10. The monoisotopic (exact) mass is 436 g/mol. The predicted molar refractivity (Wildman–Crippen MR) is 108 cm³/mol. The third-order valence-corrected chi connectivity index (χ3v) is 5.57. The van der Waals surface area contributed by atoms with Crippen LogP contribution >= 0.6 is 0 Å². The Balaban J connectivity index is 1.72. The number of benzene rings is 1. The second kappa shape index (κ2) is 7.65. The molecule has 1 aromatic carbocycles. The van der Waals surface area contributed by atoms with Crippen molar-refractivity contribution < 1.29 is 23.1 Å². The molecule has 8 nitrogen and oxygen atoms in total. The van der Waals surface area contributed by atoms with Crippen molar-refractivity contribution in [2.75, 3.05) is 23.3 Å². The molecule has 1 atom stereocenters. The number of anilines is 3. The highest BCUT2D eigenvalue weighted by atomic mass is 19.4. The van der Waals surface area contributed by atoms with Crippen molar-refractivity contribution in [1.82, 2.24) is 9.97 Å². The standard InChI is InChI=1S/C20H23F3N6O2/c21-20(22,23)12-6-11(19(31)3-4-19)7-14(8-12)27-17-15(16(25)30)9-26-18(28-17)29-5-1-2-13(24)10-29/h6-9,13,31H,1-5,10,24H2,(H2,25,30)(H,26,27,28). The first-order chi connectivity index (χ1) is 14.5. The van der Waals surface area contributed by atoms with Gasteiger partial charge >= 0.3 is 6.18 Å². The maximum absolute atomic E-state index is 13.4. The third kappa shape index (κ3) is 4.57. The third-order valence-electron chi connectivity index (χ3n) is 5.57. The minimum absolute atomic E-state index is 0.00953. The van der Waals surface area contributed by atoms with E-state index in [4.69, 9.17) is 11.5 Å². The van der Waals surface area contributed by atoms with E-state index in [0.717, 1.165) is 25.0 Å². The van der Waals surface area contributed by atoms with Gasteiger partial charge in [0.15, 0.2) is 0 Å². The minimum Gasteiger partial charge on any atom is -0.385 e. The lowest BCUT2D eigenvalue weighted by Gasteiger charge is -2.31. The van der Waals surface area contributed by atoms with Gasteiger partial charge in [0.05, 0.1) is 11.2 Å². The Morgan fingerprint density at radius 2 is 2.03 bits per heavy atom. The van der Waals surface area contributed by atoms with E-state index < -0.39 is 23.2 Å². The molecule has 2 heterocycles. The summed E-state index contributed by atoms with van der Waals surface area (Å²) in [6, 6.07) is 3.22. The van der Waals surface area contributed by atoms with Gasteiger partial charge in [0.25, 0.3) is 5.91 Å². The number of hydrogen-bond donors (Lipinski definition) is 4. The lowest BCUT2D eigenvalue weighted by molar-refractivity contribution is -0.137. The molecule has 1 saturated heterocycles. The molecule has 0 radical (unpaired) electrons. The number of nitrogens with zero attached hydrogens (tertiary/aromatic N) is 3. The van der Waals surface area contributed by atoms with Crippen molar-refractivity contribution in [1.29, 1.82) is 0 Å². The fourth-order valence-corrected chi connectivity index (χ4v) is 3.67. The smallest absolute Gasteiger partial charge is 0.385 e. The number of amides is 1. The Morgan fingerprint density at radius 1 is 1.29 bits per heavy atom. The van der Waals surface area contributed by atoms with Crippen LogP contribution in [0.25, 0.3) is 0 Å². The average molecular weight is 436 g/mol. The molecular formula is C20H23F3N6O2. The molecule has 2 aromatic rings.